The molecule has 0 aromatic carbocycles. The molecule has 0 saturated carbocycles. The van der Waals surface area contributed by atoms with Crippen molar-refractivity contribution >= 4 is 11.9 Å². The summed E-state index contributed by atoms with van der Waals surface area (Å²) in [6.07, 6.45) is 26.5. The van der Waals surface area contributed by atoms with Crippen LogP contribution >= 0.6 is 0 Å². The minimum atomic E-state index is -0.120. The first-order valence-electron chi connectivity index (χ1n) is 14.5. The van der Waals surface area contributed by atoms with E-state index in [9.17, 15) is 9.59 Å². The molecule has 33 heavy (non-hydrogen) atoms. The zero-order chi connectivity index (χ0) is 24.4. The van der Waals surface area contributed by atoms with Gasteiger partial charge in [-0.05, 0) is 12.8 Å². The Morgan fingerprint density at radius 3 is 1.33 bits per heavy atom. The summed E-state index contributed by atoms with van der Waals surface area (Å²) in [7, 11) is 1.81. The molecule has 0 heterocycles. The molecule has 4 heteroatoms. The van der Waals surface area contributed by atoms with Crippen LogP contribution in [-0.2, 0) is 14.3 Å². The molecule has 0 aromatic heterocycles. The van der Waals surface area contributed by atoms with Gasteiger partial charge in [0.25, 0.3) is 0 Å². The molecular weight excluding hydrogens is 410 g/mol. The Morgan fingerprint density at radius 2 is 0.909 bits per heavy atom. The van der Waals surface area contributed by atoms with Crippen LogP contribution in [0.25, 0.3) is 0 Å². The quantitative estimate of drug-likeness (QED) is 0.0997. The van der Waals surface area contributed by atoms with Crippen LogP contribution in [-0.4, -0.2) is 37.0 Å². The Balaban J connectivity index is 3.44. The highest BCUT2D eigenvalue weighted by Crippen LogP contribution is 2.13. The molecule has 4 nitrogen and oxygen atoms in total. The second-order valence-corrected chi connectivity index (χ2v) is 9.90. The van der Waals surface area contributed by atoms with Crippen molar-refractivity contribution in [2.45, 2.75) is 155 Å². The highest BCUT2D eigenvalue weighted by molar-refractivity contribution is 5.75. The number of unbranched alkanes of at least 4 members (excludes halogenated alkanes) is 18. The van der Waals surface area contributed by atoms with Gasteiger partial charge in [0.2, 0.25) is 5.91 Å². The predicted molar refractivity (Wildman–Crippen MR) is 142 cm³/mol. The third-order valence-electron chi connectivity index (χ3n) is 6.59. The van der Waals surface area contributed by atoms with Crippen LogP contribution < -0.4 is 0 Å². The van der Waals surface area contributed by atoms with E-state index in [4.69, 9.17) is 4.74 Å². The van der Waals surface area contributed by atoms with Gasteiger partial charge < -0.3 is 9.64 Å². The lowest BCUT2D eigenvalue weighted by Crippen LogP contribution is -2.30. The Kier molecular flexibility index (Phi) is 24.7. The number of rotatable bonds is 25. The average molecular weight is 468 g/mol. The van der Waals surface area contributed by atoms with Crippen molar-refractivity contribution in [3.63, 3.8) is 0 Å². The molecule has 0 aliphatic heterocycles. The van der Waals surface area contributed by atoms with Crippen molar-refractivity contribution in [2.75, 3.05) is 20.2 Å². The molecule has 0 N–H and O–H groups in total. The number of hydrogen-bond donors (Lipinski definition) is 0. The van der Waals surface area contributed by atoms with Crippen molar-refractivity contribution in [3.8, 4) is 0 Å². The Labute approximate surface area is 206 Å². The smallest absolute Gasteiger partial charge is 0.305 e. The standard InChI is InChI=1S/C29H57NO3/c1-4-6-8-10-12-14-15-17-19-21-23-25-29(32)33-27-26-30(3)28(31)24-22-20-18-16-13-11-9-7-5-2/h4-27H2,1-3H3. The largest absolute Gasteiger partial charge is 0.464 e. The van der Waals surface area contributed by atoms with Crippen LogP contribution in [0.4, 0.5) is 0 Å². The second-order valence-electron chi connectivity index (χ2n) is 9.90. The van der Waals surface area contributed by atoms with Crippen LogP contribution in [0.2, 0.25) is 0 Å². The number of nitrogens with zero attached hydrogens (tertiary/aromatic N) is 1. The lowest BCUT2D eigenvalue weighted by Gasteiger charge is -2.17. The minimum absolute atomic E-state index is 0.120. The van der Waals surface area contributed by atoms with Gasteiger partial charge in [0.15, 0.2) is 0 Å². The van der Waals surface area contributed by atoms with Gasteiger partial charge in [0.05, 0.1) is 6.54 Å². The Hall–Kier alpha value is -1.06. The number of ether oxygens (including phenoxy) is 1. The maximum absolute atomic E-state index is 12.2. The Bertz CT molecular complexity index is 439. The van der Waals surface area contributed by atoms with Crippen LogP contribution in [0.1, 0.15) is 155 Å². The van der Waals surface area contributed by atoms with Gasteiger partial charge in [-0.1, -0.05) is 129 Å². The number of likely N-dealkylation sites (N-methyl/N-ethyl adjacent to an activating group) is 1. The van der Waals surface area contributed by atoms with E-state index in [0.717, 1.165) is 25.7 Å². The van der Waals surface area contributed by atoms with E-state index >= 15 is 0 Å². The van der Waals surface area contributed by atoms with Gasteiger partial charge >= 0.3 is 5.97 Å². The van der Waals surface area contributed by atoms with Gasteiger partial charge in [0.1, 0.15) is 6.61 Å². The van der Waals surface area contributed by atoms with Crippen molar-refractivity contribution < 1.29 is 14.3 Å². The normalized spacial score (nSPS) is 11.0. The number of carbonyl (C=O) groups excluding carboxylic acids is 2. The summed E-state index contributed by atoms with van der Waals surface area (Å²) in [5.74, 6) is 0.0464. The van der Waals surface area contributed by atoms with Gasteiger partial charge in [-0.15, -0.1) is 0 Å². The van der Waals surface area contributed by atoms with Crippen molar-refractivity contribution in [1.82, 2.24) is 4.90 Å². The molecule has 0 atom stereocenters. The van der Waals surface area contributed by atoms with Crippen molar-refractivity contribution in [1.29, 1.82) is 0 Å². The fraction of sp³-hybridized carbons (Fsp3) is 0.931. The van der Waals surface area contributed by atoms with E-state index in [1.54, 1.807) is 4.90 Å². The lowest BCUT2D eigenvalue weighted by molar-refractivity contribution is -0.145. The monoisotopic (exact) mass is 467 g/mol. The van der Waals surface area contributed by atoms with Gasteiger partial charge in [-0.2, -0.15) is 0 Å². The number of esters is 1. The molecule has 0 aliphatic rings. The summed E-state index contributed by atoms with van der Waals surface area (Å²) < 4.78 is 5.32. The van der Waals surface area contributed by atoms with Crippen LogP contribution in [0.3, 0.4) is 0 Å². The van der Waals surface area contributed by atoms with Crippen LogP contribution in [0, 0.1) is 0 Å². The fourth-order valence-corrected chi connectivity index (χ4v) is 4.20. The molecule has 0 spiro atoms. The van der Waals surface area contributed by atoms with Crippen molar-refractivity contribution in [3.05, 3.63) is 0 Å². The summed E-state index contributed by atoms with van der Waals surface area (Å²) in [6, 6.07) is 0. The maximum Gasteiger partial charge on any atom is 0.305 e. The highest BCUT2D eigenvalue weighted by Gasteiger charge is 2.09. The molecule has 1 amide bonds. The topological polar surface area (TPSA) is 46.6 Å². The molecule has 0 radical (unpaired) electrons. The minimum Gasteiger partial charge on any atom is -0.464 e. The van der Waals surface area contributed by atoms with Gasteiger partial charge in [0, 0.05) is 19.9 Å². The molecule has 0 saturated heterocycles. The molecule has 0 rings (SSSR count). The summed E-state index contributed by atoms with van der Waals surface area (Å²) >= 11 is 0. The third kappa shape index (κ3) is 23.9. The molecule has 0 aromatic rings. The molecule has 0 bridgehead atoms. The first-order valence-corrected chi connectivity index (χ1v) is 14.5. The lowest BCUT2D eigenvalue weighted by atomic mass is 10.1. The van der Waals surface area contributed by atoms with E-state index < -0.39 is 0 Å². The first-order chi connectivity index (χ1) is 16.1. The van der Waals surface area contributed by atoms with E-state index in [2.05, 4.69) is 13.8 Å². The maximum atomic E-state index is 12.2. The number of hydrogen-bond acceptors (Lipinski definition) is 3. The summed E-state index contributed by atoms with van der Waals surface area (Å²) in [5.41, 5.74) is 0. The summed E-state index contributed by atoms with van der Waals surface area (Å²) in [4.78, 5) is 25.8. The average Bonchev–Trinajstić information content (AvgIpc) is 2.81. The third-order valence-corrected chi connectivity index (χ3v) is 6.59. The molecule has 0 aliphatic carbocycles. The highest BCUT2D eigenvalue weighted by atomic mass is 16.5. The Morgan fingerprint density at radius 1 is 0.545 bits per heavy atom. The van der Waals surface area contributed by atoms with Crippen LogP contribution in [0.5, 0.6) is 0 Å². The summed E-state index contributed by atoms with van der Waals surface area (Å²) in [5, 5.41) is 0. The fourth-order valence-electron chi connectivity index (χ4n) is 4.20. The molecular formula is C29H57NO3. The van der Waals surface area contributed by atoms with E-state index in [1.807, 2.05) is 7.05 Å². The number of carbonyl (C=O) groups is 2. The van der Waals surface area contributed by atoms with Gasteiger partial charge in [-0.25, -0.2) is 0 Å². The van der Waals surface area contributed by atoms with E-state index in [1.165, 1.54) is 103 Å². The van der Waals surface area contributed by atoms with Crippen molar-refractivity contribution in [2.24, 2.45) is 0 Å². The molecule has 0 unspecified atom stereocenters. The molecule has 196 valence electrons. The molecule has 0 fully saturated rings. The zero-order valence-electron chi connectivity index (χ0n) is 22.6. The van der Waals surface area contributed by atoms with Gasteiger partial charge in [-0.3, -0.25) is 9.59 Å². The first kappa shape index (κ1) is 31.9. The SMILES string of the molecule is CCCCCCCCCCCCCC(=O)OCCN(C)C(=O)CCCCCCCCCCC. The zero-order valence-corrected chi connectivity index (χ0v) is 22.6. The summed E-state index contributed by atoms with van der Waals surface area (Å²) in [6.45, 7) is 5.32. The second kappa shape index (κ2) is 25.6. The predicted octanol–water partition coefficient (Wildman–Crippen LogP) is 8.61. The van der Waals surface area contributed by atoms with E-state index in [0.29, 0.717) is 26.0 Å². The number of amides is 1. The van der Waals surface area contributed by atoms with E-state index in [-0.39, 0.29) is 11.9 Å². The van der Waals surface area contributed by atoms with Crippen LogP contribution in [0.15, 0.2) is 0 Å².